The molecular weight excluding hydrogens is 359 g/mol. The molecule has 0 atom stereocenters. The van der Waals surface area contributed by atoms with E-state index in [1.807, 2.05) is 0 Å². The Kier molecular flexibility index (Phi) is 5.43. The van der Waals surface area contributed by atoms with E-state index in [0.717, 1.165) is 31.4 Å². The third kappa shape index (κ3) is 4.64. The zero-order chi connectivity index (χ0) is 19.4. The van der Waals surface area contributed by atoms with E-state index in [0.29, 0.717) is 18.7 Å². The number of carbonyl (C=O) groups is 2. The lowest BCUT2D eigenvalue weighted by atomic mass is 10.1. The number of alkyl halides is 3. The second-order valence-corrected chi connectivity index (χ2v) is 6.32. The summed E-state index contributed by atoms with van der Waals surface area (Å²) in [5.74, 6) is -0.854. The lowest BCUT2D eigenvalue weighted by molar-refractivity contribution is -0.137. The first kappa shape index (κ1) is 18.9. The Morgan fingerprint density at radius 3 is 2.48 bits per heavy atom. The van der Waals surface area contributed by atoms with Crippen LogP contribution in [0.2, 0.25) is 0 Å². The quantitative estimate of drug-likeness (QED) is 0.880. The fourth-order valence-corrected chi connectivity index (χ4v) is 2.94. The van der Waals surface area contributed by atoms with Crippen molar-refractivity contribution in [3.05, 3.63) is 59.4 Å². The normalized spacial score (nSPS) is 14.7. The van der Waals surface area contributed by atoms with Crippen LogP contribution in [-0.2, 0) is 6.18 Å². The van der Waals surface area contributed by atoms with Gasteiger partial charge >= 0.3 is 6.18 Å². The minimum Gasteiger partial charge on any atom is -0.339 e. The number of nitrogens with zero attached hydrogens (tertiary/aromatic N) is 2. The number of rotatable bonds is 3. The molecule has 1 aromatic carbocycles. The van der Waals surface area contributed by atoms with Crippen molar-refractivity contribution in [2.45, 2.75) is 25.4 Å². The largest absolute Gasteiger partial charge is 0.416 e. The summed E-state index contributed by atoms with van der Waals surface area (Å²) < 4.78 is 38.3. The smallest absolute Gasteiger partial charge is 0.339 e. The van der Waals surface area contributed by atoms with E-state index in [-0.39, 0.29) is 17.3 Å². The minimum atomic E-state index is -4.50. The number of hydrogen-bond acceptors (Lipinski definition) is 3. The van der Waals surface area contributed by atoms with Gasteiger partial charge < -0.3 is 10.2 Å². The molecule has 1 aliphatic heterocycles. The Balaban J connectivity index is 1.75. The molecule has 2 heterocycles. The maximum atomic E-state index is 12.8. The Labute approximate surface area is 154 Å². The molecule has 0 spiro atoms. The van der Waals surface area contributed by atoms with Gasteiger partial charge in [0, 0.05) is 30.5 Å². The first-order chi connectivity index (χ1) is 12.8. The molecule has 1 aliphatic rings. The molecule has 1 aromatic heterocycles. The van der Waals surface area contributed by atoms with Gasteiger partial charge in [0.15, 0.2) is 0 Å². The van der Waals surface area contributed by atoms with Crippen LogP contribution in [0.25, 0.3) is 0 Å². The van der Waals surface area contributed by atoms with E-state index in [1.54, 1.807) is 4.90 Å². The number of piperidine rings is 1. The van der Waals surface area contributed by atoms with E-state index < -0.39 is 17.6 Å². The molecule has 1 fully saturated rings. The number of carbonyl (C=O) groups excluding carboxylic acids is 2. The fraction of sp³-hybridized carbons (Fsp3) is 0.316. The number of nitrogens with one attached hydrogen (secondary N) is 1. The summed E-state index contributed by atoms with van der Waals surface area (Å²) in [6.45, 7) is 1.35. The standard InChI is InChI=1S/C19H18F3N3O2/c20-19(21,22)14-5-4-6-15(12-14)24-17(26)16-11-13(7-8-23-16)18(27)25-9-2-1-3-10-25/h4-8,11-12H,1-3,9-10H2,(H,24,26). The van der Waals surface area contributed by atoms with Crippen molar-refractivity contribution in [1.82, 2.24) is 9.88 Å². The number of halogens is 3. The Hall–Kier alpha value is -2.90. The maximum absolute atomic E-state index is 12.8. The lowest BCUT2D eigenvalue weighted by Gasteiger charge is -2.26. The summed E-state index contributed by atoms with van der Waals surface area (Å²) in [7, 11) is 0. The van der Waals surface area contributed by atoms with Gasteiger partial charge in [0.25, 0.3) is 11.8 Å². The van der Waals surface area contributed by atoms with Crippen molar-refractivity contribution in [3.8, 4) is 0 Å². The van der Waals surface area contributed by atoms with Gasteiger partial charge in [0.1, 0.15) is 5.69 Å². The van der Waals surface area contributed by atoms with Gasteiger partial charge in [-0.05, 0) is 49.6 Å². The number of hydrogen-bond donors (Lipinski definition) is 1. The van der Waals surface area contributed by atoms with E-state index in [9.17, 15) is 22.8 Å². The predicted molar refractivity (Wildman–Crippen MR) is 93.4 cm³/mol. The summed E-state index contributed by atoms with van der Waals surface area (Å²) >= 11 is 0. The lowest BCUT2D eigenvalue weighted by Crippen LogP contribution is -2.35. The Morgan fingerprint density at radius 1 is 1.04 bits per heavy atom. The summed E-state index contributed by atoms with van der Waals surface area (Å²) in [6.07, 6.45) is -0.178. The van der Waals surface area contributed by atoms with Gasteiger partial charge in [-0.2, -0.15) is 13.2 Å². The van der Waals surface area contributed by atoms with Gasteiger partial charge in [0.05, 0.1) is 5.56 Å². The highest BCUT2D eigenvalue weighted by molar-refractivity contribution is 6.04. The maximum Gasteiger partial charge on any atom is 0.416 e. The number of anilines is 1. The molecule has 8 heteroatoms. The second-order valence-electron chi connectivity index (χ2n) is 6.32. The highest BCUT2D eigenvalue weighted by Gasteiger charge is 2.30. The molecule has 2 amide bonds. The molecular formula is C19H18F3N3O2. The number of amides is 2. The summed E-state index contributed by atoms with van der Waals surface area (Å²) in [6, 6.07) is 7.22. The average Bonchev–Trinajstić information content (AvgIpc) is 2.68. The third-order valence-electron chi connectivity index (χ3n) is 4.33. The first-order valence-electron chi connectivity index (χ1n) is 8.58. The third-order valence-corrected chi connectivity index (χ3v) is 4.33. The van der Waals surface area contributed by atoms with E-state index >= 15 is 0 Å². The second kappa shape index (κ2) is 7.77. The Morgan fingerprint density at radius 2 is 1.78 bits per heavy atom. The number of pyridine rings is 1. The fourth-order valence-electron chi connectivity index (χ4n) is 2.94. The molecule has 142 valence electrons. The monoisotopic (exact) mass is 377 g/mol. The van der Waals surface area contributed by atoms with Crippen LogP contribution >= 0.6 is 0 Å². The summed E-state index contributed by atoms with van der Waals surface area (Å²) in [4.78, 5) is 30.5. The van der Waals surface area contributed by atoms with Crippen LogP contribution in [0.5, 0.6) is 0 Å². The van der Waals surface area contributed by atoms with Gasteiger partial charge in [-0.25, -0.2) is 0 Å². The molecule has 0 radical (unpaired) electrons. The van der Waals surface area contributed by atoms with Crippen molar-refractivity contribution in [3.63, 3.8) is 0 Å². The molecule has 0 bridgehead atoms. The van der Waals surface area contributed by atoms with Crippen LogP contribution in [0.1, 0.15) is 45.7 Å². The van der Waals surface area contributed by atoms with Crippen LogP contribution in [-0.4, -0.2) is 34.8 Å². The molecule has 0 aliphatic carbocycles. The topological polar surface area (TPSA) is 62.3 Å². The van der Waals surface area contributed by atoms with Crippen molar-refractivity contribution in [1.29, 1.82) is 0 Å². The van der Waals surface area contributed by atoms with Gasteiger partial charge in [-0.3, -0.25) is 14.6 Å². The molecule has 0 saturated carbocycles. The highest BCUT2D eigenvalue weighted by Crippen LogP contribution is 2.30. The predicted octanol–water partition coefficient (Wildman–Crippen LogP) is 3.98. The molecule has 0 unspecified atom stereocenters. The van der Waals surface area contributed by atoms with Gasteiger partial charge in [-0.1, -0.05) is 6.07 Å². The minimum absolute atomic E-state index is 0.00406. The van der Waals surface area contributed by atoms with Gasteiger partial charge in [0.2, 0.25) is 0 Å². The molecule has 2 aromatic rings. The van der Waals surface area contributed by atoms with Crippen LogP contribution in [0.15, 0.2) is 42.6 Å². The van der Waals surface area contributed by atoms with E-state index in [1.165, 1.54) is 30.5 Å². The number of likely N-dealkylation sites (tertiary alicyclic amines) is 1. The van der Waals surface area contributed by atoms with Crippen LogP contribution in [0.3, 0.4) is 0 Å². The van der Waals surface area contributed by atoms with Gasteiger partial charge in [-0.15, -0.1) is 0 Å². The van der Waals surface area contributed by atoms with Crippen molar-refractivity contribution >= 4 is 17.5 Å². The summed E-state index contributed by atoms with van der Waals surface area (Å²) in [5, 5.41) is 2.39. The van der Waals surface area contributed by atoms with E-state index in [2.05, 4.69) is 10.3 Å². The zero-order valence-electron chi connectivity index (χ0n) is 14.4. The van der Waals surface area contributed by atoms with Crippen molar-refractivity contribution in [2.75, 3.05) is 18.4 Å². The average molecular weight is 377 g/mol. The molecule has 1 N–H and O–H groups in total. The molecule has 1 saturated heterocycles. The number of benzene rings is 1. The highest BCUT2D eigenvalue weighted by atomic mass is 19.4. The van der Waals surface area contributed by atoms with E-state index in [4.69, 9.17) is 0 Å². The Bertz CT molecular complexity index is 846. The zero-order valence-corrected chi connectivity index (χ0v) is 14.4. The van der Waals surface area contributed by atoms with Crippen LogP contribution in [0.4, 0.5) is 18.9 Å². The molecule has 5 nitrogen and oxygen atoms in total. The molecule has 27 heavy (non-hydrogen) atoms. The number of aromatic nitrogens is 1. The van der Waals surface area contributed by atoms with Crippen molar-refractivity contribution in [2.24, 2.45) is 0 Å². The summed E-state index contributed by atoms with van der Waals surface area (Å²) in [5.41, 5.74) is -0.553. The van der Waals surface area contributed by atoms with Crippen LogP contribution < -0.4 is 5.32 Å². The first-order valence-corrected chi connectivity index (χ1v) is 8.58. The van der Waals surface area contributed by atoms with Crippen molar-refractivity contribution < 1.29 is 22.8 Å². The molecule has 3 rings (SSSR count). The van der Waals surface area contributed by atoms with Crippen LogP contribution in [0, 0.1) is 0 Å². The SMILES string of the molecule is O=C(Nc1cccc(C(F)(F)F)c1)c1cc(C(=O)N2CCCCC2)ccn1.